The molecule has 2 heterocycles. The molecule has 1 aromatic heterocycles. The van der Waals surface area contributed by atoms with Gasteiger partial charge in [0.25, 0.3) is 0 Å². The molecule has 174 valence electrons. The topological polar surface area (TPSA) is 70.4 Å². The molecular formula is C27H34N4O2. The largest absolute Gasteiger partial charge is 0.371 e. The zero-order chi connectivity index (χ0) is 22.9. The lowest BCUT2D eigenvalue weighted by Crippen LogP contribution is -2.42. The van der Waals surface area contributed by atoms with Crippen LogP contribution in [0, 0.1) is 6.92 Å². The highest BCUT2D eigenvalue weighted by Crippen LogP contribution is 2.22. The van der Waals surface area contributed by atoms with Crippen molar-refractivity contribution < 1.29 is 9.32 Å². The van der Waals surface area contributed by atoms with Crippen LogP contribution in [-0.2, 0) is 17.8 Å². The van der Waals surface area contributed by atoms with Crippen molar-refractivity contribution in [1.29, 1.82) is 0 Å². The van der Waals surface area contributed by atoms with Crippen LogP contribution in [0.4, 0.5) is 11.4 Å². The number of nitrogens with zero attached hydrogens (tertiary/aromatic N) is 2. The average molecular weight is 447 g/mol. The van der Waals surface area contributed by atoms with E-state index < -0.39 is 0 Å². The third-order valence-corrected chi connectivity index (χ3v) is 6.22. The van der Waals surface area contributed by atoms with E-state index in [0.29, 0.717) is 12.5 Å². The van der Waals surface area contributed by atoms with Gasteiger partial charge in [0.1, 0.15) is 0 Å². The van der Waals surface area contributed by atoms with Crippen LogP contribution in [0.2, 0.25) is 0 Å². The number of hydrogen-bond donors (Lipinski definition) is 2. The number of aromatic nitrogens is 1. The Labute approximate surface area is 196 Å². The van der Waals surface area contributed by atoms with Gasteiger partial charge in [0.15, 0.2) is 5.76 Å². The Morgan fingerprint density at radius 3 is 2.52 bits per heavy atom. The first-order valence-corrected chi connectivity index (χ1v) is 12.0. The summed E-state index contributed by atoms with van der Waals surface area (Å²) in [4.78, 5) is 14.7. The number of benzene rings is 2. The lowest BCUT2D eigenvalue weighted by Gasteiger charge is -2.34. The molecule has 4 rings (SSSR count). The quantitative estimate of drug-likeness (QED) is 0.424. The fraction of sp³-hybridized carbons (Fsp3) is 0.407. The maximum absolute atomic E-state index is 12.3. The highest BCUT2D eigenvalue weighted by molar-refractivity contribution is 5.90. The van der Waals surface area contributed by atoms with Crippen LogP contribution in [0.15, 0.2) is 65.2 Å². The molecule has 33 heavy (non-hydrogen) atoms. The third-order valence-electron chi connectivity index (χ3n) is 6.22. The van der Waals surface area contributed by atoms with E-state index in [9.17, 15) is 4.79 Å². The average Bonchev–Trinajstić information content (AvgIpc) is 3.27. The Kier molecular flexibility index (Phi) is 8.14. The normalized spacial score (nSPS) is 14.4. The summed E-state index contributed by atoms with van der Waals surface area (Å²) in [7, 11) is 0. The summed E-state index contributed by atoms with van der Waals surface area (Å²) in [6.07, 6.45) is 5.69. The second-order valence-electron chi connectivity index (χ2n) is 8.86. The first kappa shape index (κ1) is 23.1. The van der Waals surface area contributed by atoms with Crippen molar-refractivity contribution in [2.45, 2.75) is 58.0 Å². The van der Waals surface area contributed by atoms with E-state index in [-0.39, 0.29) is 5.91 Å². The van der Waals surface area contributed by atoms with Crippen LogP contribution < -0.4 is 15.5 Å². The van der Waals surface area contributed by atoms with E-state index in [0.717, 1.165) is 68.9 Å². The van der Waals surface area contributed by atoms with E-state index in [1.54, 1.807) is 0 Å². The van der Waals surface area contributed by atoms with Gasteiger partial charge in [-0.2, -0.15) is 0 Å². The fourth-order valence-corrected chi connectivity index (χ4v) is 4.32. The van der Waals surface area contributed by atoms with Crippen LogP contribution in [0.25, 0.3) is 0 Å². The van der Waals surface area contributed by atoms with Crippen LogP contribution in [0.5, 0.6) is 0 Å². The number of carbonyl (C=O) groups is 1. The first-order chi connectivity index (χ1) is 16.2. The maximum Gasteiger partial charge on any atom is 0.224 e. The fourth-order valence-electron chi connectivity index (χ4n) is 4.32. The molecule has 1 amide bonds. The second-order valence-corrected chi connectivity index (χ2v) is 8.86. The third kappa shape index (κ3) is 7.19. The van der Waals surface area contributed by atoms with Crippen molar-refractivity contribution in [3.05, 3.63) is 77.7 Å². The van der Waals surface area contributed by atoms with Gasteiger partial charge < -0.3 is 20.1 Å². The van der Waals surface area contributed by atoms with E-state index in [4.69, 9.17) is 4.52 Å². The van der Waals surface area contributed by atoms with Crippen molar-refractivity contribution in [2.75, 3.05) is 23.3 Å². The summed E-state index contributed by atoms with van der Waals surface area (Å²) in [5, 5.41) is 10.5. The van der Waals surface area contributed by atoms with Gasteiger partial charge in [0.2, 0.25) is 5.91 Å². The zero-order valence-corrected chi connectivity index (χ0v) is 19.4. The number of carbonyl (C=O) groups excluding carboxylic acids is 1. The minimum atomic E-state index is 0.0876. The summed E-state index contributed by atoms with van der Waals surface area (Å²) in [6, 6.07) is 21.1. The molecule has 0 bridgehead atoms. The number of piperidine rings is 1. The second kappa shape index (κ2) is 11.7. The van der Waals surface area contributed by atoms with Crippen molar-refractivity contribution >= 4 is 17.3 Å². The van der Waals surface area contributed by atoms with Crippen molar-refractivity contribution in [2.24, 2.45) is 0 Å². The lowest BCUT2D eigenvalue weighted by atomic mass is 10.0. The Morgan fingerprint density at radius 1 is 1.06 bits per heavy atom. The Balaban J connectivity index is 1.14. The summed E-state index contributed by atoms with van der Waals surface area (Å²) in [5.74, 6) is 0.980. The molecule has 3 aromatic rings. The summed E-state index contributed by atoms with van der Waals surface area (Å²) >= 11 is 0. The van der Waals surface area contributed by atoms with Gasteiger partial charge >= 0.3 is 0 Å². The highest BCUT2D eigenvalue weighted by Gasteiger charge is 2.19. The number of anilines is 2. The number of rotatable bonds is 10. The molecule has 0 radical (unpaired) electrons. The van der Waals surface area contributed by atoms with Gasteiger partial charge in [0.05, 0.1) is 12.2 Å². The van der Waals surface area contributed by atoms with Gasteiger partial charge in [-0.05, 0) is 68.9 Å². The van der Waals surface area contributed by atoms with E-state index in [2.05, 4.69) is 57.1 Å². The van der Waals surface area contributed by atoms with Crippen molar-refractivity contribution in [3.63, 3.8) is 0 Å². The van der Waals surface area contributed by atoms with Gasteiger partial charge in [0, 0.05) is 43.0 Å². The first-order valence-electron chi connectivity index (χ1n) is 12.0. The molecule has 1 aliphatic heterocycles. The van der Waals surface area contributed by atoms with Crippen LogP contribution in [0.1, 0.15) is 49.1 Å². The Bertz CT molecular complexity index is 992. The molecule has 1 aliphatic rings. The predicted octanol–water partition coefficient (Wildman–Crippen LogP) is 5.09. The Morgan fingerprint density at radius 2 is 1.82 bits per heavy atom. The van der Waals surface area contributed by atoms with Gasteiger partial charge in [-0.25, -0.2) is 0 Å². The van der Waals surface area contributed by atoms with Gasteiger partial charge in [-0.15, -0.1) is 0 Å². The summed E-state index contributed by atoms with van der Waals surface area (Å²) in [6.45, 7) is 4.70. The molecule has 1 fully saturated rings. The number of unbranched alkanes of at least 4 members (excludes halogenated alkanes) is 1. The van der Waals surface area contributed by atoms with Crippen molar-refractivity contribution in [3.8, 4) is 0 Å². The minimum Gasteiger partial charge on any atom is -0.371 e. The van der Waals surface area contributed by atoms with Crippen LogP contribution >= 0.6 is 0 Å². The van der Waals surface area contributed by atoms with E-state index in [1.165, 1.54) is 11.3 Å². The van der Waals surface area contributed by atoms with Gasteiger partial charge in [-0.3, -0.25) is 4.79 Å². The molecule has 0 saturated carbocycles. The number of aryl methyl sites for hydroxylation is 2. The minimum absolute atomic E-state index is 0.0876. The number of nitrogens with one attached hydrogen (secondary N) is 2. The lowest BCUT2D eigenvalue weighted by molar-refractivity contribution is -0.116. The molecule has 0 atom stereocenters. The molecule has 6 nitrogen and oxygen atoms in total. The maximum atomic E-state index is 12.3. The Hall–Kier alpha value is -3.12. The van der Waals surface area contributed by atoms with Crippen LogP contribution in [-0.4, -0.2) is 30.2 Å². The number of amides is 1. The molecule has 1 saturated heterocycles. The summed E-state index contributed by atoms with van der Waals surface area (Å²) < 4.78 is 5.28. The monoisotopic (exact) mass is 446 g/mol. The SMILES string of the molecule is Cc1cc(CNC2CCN(c3ccc(NC(=O)CCCCc4ccccc4)cc3)CC2)on1. The van der Waals surface area contributed by atoms with Crippen molar-refractivity contribution in [1.82, 2.24) is 10.5 Å². The van der Waals surface area contributed by atoms with Gasteiger partial charge in [-0.1, -0.05) is 35.5 Å². The summed E-state index contributed by atoms with van der Waals surface area (Å²) in [5.41, 5.74) is 4.33. The predicted molar refractivity (Wildman–Crippen MR) is 132 cm³/mol. The zero-order valence-electron chi connectivity index (χ0n) is 19.4. The molecule has 2 aromatic carbocycles. The molecule has 6 heteroatoms. The molecule has 0 aliphatic carbocycles. The van der Waals surface area contributed by atoms with E-state index >= 15 is 0 Å². The smallest absolute Gasteiger partial charge is 0.224 e. The van der Waals surface area contributed by atoms with Crippen LogP contribution in [0.3, 0.4) is 0 Å². The van der Waals surface area contributed by atoms with E-state index in [1.807, 2.05) is 31.2 Å². The molecule has 0 spiro atoms. The molecule has 2 N–H and O–H groups in total. The molecular weight excluding hydrogens is 412 g/mol. The molecule has 0 unspecified atom stereocenters. The number of hydrogen-bond acceptors (Lipinski definition) is 5. The highest BCUT2D eigenvalue weighted by atomic mass is 16.5. The standard InChI is InChI=1S/C27H34N4O2/c1-21-19-26(33-30-21)20-28-23-15-17-31(18-16-23)25-13-11-24(12-14-25)29-27(32)10-6-5-9-22-7-3-2-4-8-22/h2-4,7-8,11-14,19,23,28H,5-6,9-10,15-18,20H2,1H3,(H,29,32).